The van der Waals surface area contributed by atoms with Crippen molar-refractivity contribution in [2.24, 2.45) is 0 Å². The SMILES string of the molecule is N#Cc1ccc(NC(=O)CSCc2nc(-c3ccccc3)no2)cc1. The van der Waals surface area contributed by atoms with Crippen LogP contribution >= 0.6 is 11.8 Å². The minimum Gasteiger partial charge on any atom is -0.338 e. The van der Waals surface area contributed by atoms with Gasteiger partial charge in [-0.3, -0.25) is 4.79 Å². The quantitative estimate of drug-likeness (QED) is 0.732. The first kappa shape index (κ1) is 16.7. The number of hydrogen-bond donors (Lipinski definition) is 1. The molecule has 0 saturated heterocycles. The summed E-state index contributed by atoms with van der Waals surface area (Å²) >= 11 is 1.39. The zero-order valence-electron chi connectivity index (χ0n) is 13.2. The Bertz CT molecular complexity index is 885. The number of aromatic nitrogens is 2. The molecule has 0 bridgehead atoms. The highest BCUT2D eigenvalue weighted by atomic mass is 32.2. The standard InChI is InChI=1S/C18H14N4O2S/c19-10-13-6-8-15(9-7-13)20-16(23)11-25-12-17-21-18(22-24-17)14-4-2-1-3-5-14/h1-9H,11-12H2,(H,20,23). The van der Waals surface area contributed by atoms with Gasteiger partial charge in [-0.1, -0.05) is 35.5 Å². The van der Waals surface area contributed by atoms with E-state index in [2.05, 4.69) is 15.5 Å². The van der Waals surface area contributed by atoms with E-state index in [4.69, 9.17) is 9.78 Å². The molecular weight excluding hydrogens is 336 g/mol. The average Bonchev–Trinajstić information content (AvgIpc) is 3.12. The van der Waals surface area contributed by atoms with Crippen LogP contribution in [-0.2, 0) is 10.5 Å². The molecule has 1 N–H and O–H groups in total. The molecule has 0 aliphatic heterocycles. The lowest BCUT2D eigenvalue weighted by molar-refractivity contribution is -0.113. The number of amides is 1. The monoisotopic (exact) mass is 350 g/mol. The Hall–Kier alpha value is -3.11. The molecule has 3 aromatic rings. The Morgan fingerprint density at radius 1 is 1.16 bits per heavy atom. The number of nitriles is 1. The van der Waals surface area contributed by atoms with Crippen LogP contribution in [-0.4, -0.2) is 21.8 Å². The van der Waals surface area contributed by atoms with E-state index in [1.807, 2.05) is 36.4 Å². The molecule has 0 atom stereocenters. The Kier molecular flexibility index (Phi) is 5.44. The van der Waals surface area contributed by atoms with Crippen molar-refractivity contribution in [2.45, 2.75) is 5.75 Å². The van der Waals surface area contributed by atoms with Crippen molar-refractivity contribution >= 4 is 23.4 Å². The second kappa shape index (κ2) is 8.13. The lowest BCUT2D eigenvalue weighted by atomic mass is 10.2. The lowest BCUT2D eigenvalue weighted by Crippen LogP contribution is -2.14. The van der Waals surface area contributed by atoms with Gasteiger partial charge in [0.1, 0.15) is 0 Å². The summed E-state index contributed by atoms with van der Waals surface area (Å²) in [6, 6.07) is 18.3. The normalized spacial score (nSPS) is 10.2. The summed E-state index contributed by atoms with van der Waals surface area (Å²) in [7, 11) is 0. The molecule has 0 aliphatic rings. The largest absolute Gasteiger partial charge is 0.338 e. The molecule has 0 aliphatic carbocycles. The van der Waals surface area contributed by atoms with Crippen molar-refractivity contribution in [2.75, 3.05) is 11.1 Å². The second-order valence-corrected chi connectivity index (χ2v) is 6.09. The summed E-state index contributed by atoms with van der Waals surface area (Å²) in [5, 5.41) is 15.5. The second-order valence-electron chi connectivity index (χ2n) is 5.11. The molecule has 7 heteroatoms. The zero-order valence-corrected chi connectivity index (χ0v) is 14.0. The van der Waals surface area contributed by atoms with E-state index in [9.17, 15) is 4.79 Å². The summed E-state index contributed by atoms with van der Waals surface area (Å²) < 4.78 is 5.20. The van der Waals surface area contributed by atoms with Gasteiger partial charge in [-0.15, -0.1) is 11.8 Å². The maximum absolute atomic E-state index is 11.9. The molecule has 124 valence electrons. The molecule has 1 amide bonds. The number of carbonyl (C=O) groups is 1. The fourth-order valence-electron chi connectivity index (χ4n) is 2.07. The third kappa shape index (κ3) is 4.68. The number of carbonyl (C=O) groups excluding carboxylic acids is 1. The predicted molar refractivity (Wildman–Crippen MR) is 95.7 cm³/mol. The van der Waals surface area contributed by atoms with Crippen LogP contribution < -0.4 is 5.32 Å². The van der Waals surface area contributed by atoms with Gasteiger partial charge in [0.15, 0.2) is 0 Å². The molecule has 6 nitrogen and oxygen atoms in total. The van der Waals surface area contributed by atoms with Crippen molar-refractivity contribution in [1.29, 1.82) is 5.26 Å². The molecule has 0 radical (unpaired) electrons. The minimum atomic E-state index is -0.127. The van der Waals surface area contributed by atoms with Gasteiger partial charge in [0, 0.05) is 11.3 Å². The molecule has 1 heterocycles. The average molecular weight is 350 g/mol. The van der Waals surface area contributed by atoms with Gasteiger partial charge in [-0.25, -0.2) is 0 Å². The summed E-state index contributed by atoms with van der Waals surface area (Å²) in [6.45, 7) is 0. The van der Waals surface area contributed by atoms with Crippen LogP contribution in [0.15, 0.2) is 59.1 Å². The molecule has 0 saturated carbocycles. The number of nitrogens with zero attached hydrogens (tertiary/aromatic N) is 3. The van der Waals surface area contributed by atoms with E-state index >= 15 is 0 Å². The van der Waals surface area contributed by atoms with Gasteiger partial charge < -0.3 is 9.84 Å². The smallest absolute Gasteiger partial charge is 0.236 e. The van der Waals surface area contributed by atoms with Crippen LogP contribution in [0.3, 0.4) is 0 Å². The van der Waals surface area contributed by atoms with Crippen molar-refractivity contribution in [3.05, 3.63) is 66.1 Å². The van der Waals surface area contributed by atoms with Crippen LogP contribution in [0.4, 0.5) is 5.69 Å². The van der Waals surface area contributed by atoms with E-state index in [0.29, 0.717) is 28.7 Å². The number of benzene rings is 2. The number of anilines is 1. The Labute approximate surface area is 148 Å². The van der Waals surface area contributed by atoms with Gasteiger partial charge in [0.2, 0.25) is 17.6 Å². The molecule has 0 spiro atoms. The number of rotatable bonds is 6. The van der Waals surface area contributed by atoms with Crippen molar-refractivity contribution in [1.82, 2.24) is 10.1 Å². The van der Waals surface area contributed by atoms with E-state index < -0.39 is 0 Å². The Morgan fingerprint density at radius 2 is 1.92 bits per heavy atom. The van der Waals surface area contributed by atoms with Gasteiger partial charge in [-0.05, 0) is 24.3 Å². The third-order valence-electron chi connectivity index (χ3n) is 3.26. The Morgan fingerprint density at radius 3 is 2.64 bits per heavy atom. The summed E-state index contributed by atoms with van der Waals surface area (Å²) in [5.41, 5.74) is 2.10. The molecule has 0 unspecified atom stereocenters. The van der Waals surface area contributed by atoms with Crippen molar-refractivity contribution in [3.63, 3.8) is 0 Å². The van der Waals surface area contributed by atoms with Crippen molar-refractivity contribution in [3.8, 4) is 17.5 Å². The first-order valence-corrected chi connectivity index (χ1v) is 8.66. The molecule has 3 rings (SSSR count). The molecule has 25 heavy (non-hydrogen) atoms. The Balaban J connectivity index is 1.47. The fourth-order valence-corrected chi connectivity index (χ4v) is 2.73. The van der Waals surface area contributed by atoms with Gasteiger partial charge >= 0.3 is 0 Å². The van der Waals surface area contributed by atoms with E-state index in [1.165, 1.54) is 11.8 Å². The van der Waals surface area contributed by atoms with Crippen LogP contribution in [0.1, 0.15) is 11.5 Å². The first-order chi connectivity index (χ1) is 12.2. The van der Waals surface area contributed by atoms with Crippen LogP contribution in [0.25, 0.3) is 11.4 Å². The topological polar surface area (TPSA) is 91.8 Å². The molecule has 0 fully saturated rings. The van der Waals surface area contributed by atoms with E-state index in [0.717, 1.165) is 5.56 Å². The number of thioether (sulfide) groups is 1. The number of nitrogens with one attached hydrogen (secondary N) is 1. The summed E-state index contributed by atoms with van der Waals surface area (Å²) in [6.07, 6.45) is 0. The highest BCUT2D eigenvalue weighted by Gasteiger charge is 2.09. The van der Waals surface area contributed by atoms with Crippen LogP contribution in [0.5, 0.6) is 0 Å². The maximum Gasteiger partial charge on any atom is 0.236 e. The van der Waals surface area contributed by atoms with Crippen molar-refractivity contribution < 1.29 is 9.32 Å². The van der Waals surface area contributed by atoms with E-state index in [-0.39, 0.29) is 11.7 Å². The minimum absolute atomic E-state index is 0.127. The molecule has 2 aromatic carbocycles. The summed E-state index contributed by atoms with van der Waals surface area (Å²) in [4.78, 5) is 16.2. The van der Waals surface area contributed by atoms with Crippen LogP contribution in [0.2, 0.25) is 0 Å². The summed E-state index contributed by atoms with van der Waals surface area (Å²) in [5.74, 6) is 1.62. The molecule has 1 aromatic heterocycles. The third-order valence-corrected chi connectivity index (χ3v) is 4.17. The number of hydrogen-bond acceptors (Lipinski definition) is 6. The predicted octanol–water partition coefficient (Wildman–Crippen LogP) is 3.48. The molecular formula is C18H14N4O2S. The van der Waals surface area contributed by atoms with Gasteiger partial charge in [-0.2, -0.15) is 10.2 Å². The van der Waals surface area contributed by atoms with Gasteiger partial charge in [0.25, 0.3) is 0 Å². The van der Waals surface area contributed by atoms with Gasteiger partial charge in [0.05, 0.1) is 23.1 Å². The zero-order chi connectivity index (χ0) is 17.5. The lowest BCUT2D eigenvalue weighted by Gasteiger charge is -2.04. The highest BCUT2D eigenvalue weighted by Crippen LogP contribution is 2.18. The fraction of sp³-hybridized carbons (Fsp3) is 0.111. The van der Waals surface area contributed by atoms with E-state index in [1.54, 1.807) is 24.3 Å². The highest BCUT2D eigenvalue weighted by molar-refractivity contribution is 7.99. The van der Waals surface area contributed by atoms with Crippen LogP contribution in [0, 0.1) is 11.3 Å². The maximum atomic E-state index is 11.9. The first-order valence-electron chi connectivity index (χ1n) is 7.50.